The van der Waals surface area contributed by atoms with Gasteiger partial charge in [0.25, 0.3) is 0 Å². The zero-order chi connectivity index (χ0) is 19.4. The van der Waals surface area contributed by atoms with E-state index in [1.165, 1.54) is 24.3 Å². The molecule has 0 aliphatic carbocycles. The third-order valence-corrected chi connectivity index (χ3v) is 9.48. The summed E-state index contributed by atoms with van der Waals surface area (Å²) in [6.45, 7) is 3.53. The molecule has 26 heavy (non-hydrogen) atoms. The number of hydrogen-bond acceptors (Lipinski definition) is 5. The molecule has 0 amide bonds. The van der Waals surface area contributed by atoms with Crippen LogP contribution >= 0.6 is 0 Å². The maximum atomic E-state index is 13.1. The first-order valence-corrected chi connectivity index (χ1v) is 11.3. The van der Waals surface area contributed by atoms with Gasteiger partial charge in [0, 0.05) is 5.92 Å². The first kappa shape index (κ1) is 20.3. The lowest BCUT2D eigenvalue weighted by atomic mass is 9.95. The second-order valence-corrected chi connectivity index (χ2v) is 11.0. The molecule has 1 atom stereocenters. The molecule has 2 aromatic rings. The minimum atomic E-state index is -4.19. The minimum Gasteiger partial charge on any atom is -0.303 e. The SMILES string of the molecule is CC(C)C(C=O)CC(S(=O)(=O)c1ccccc1)S(=O)(=O)c1ccccc1. The van der Waals surface area contributed by atoms with Crippen LogP contribution in [-0.4, -0.2) is 27.7 Å². The first-order chi connectivity index (χ1) is 12.2. The van der Waals surface area contributed by atoms with Crippen LogP contribution in [0.5, 0.6) is 0 Å². The number of carbonyl (C=O) groups is 1. The van der Waals surface area contributed by atoms with E-state index in [2.05, 4.69) is 0 Å². The Balaban J connectivity index is 2.62. The molecule has 0 aliphatic heterocycles. The van der Waals surface area contributed by atoms with Crippen molar-refractivity contribution in [3.8, 4) is 0 Å². The lowest BCUT2D eigenvalue weighted by Crippen LogP contribution is -2.34. The van der Waals surface area contributed by atoms with Crippen molar-refractivity contribution in [2.45, 2.75) is 34.6 Å². The molecule has 7 heteroatoms. The Labute approximate surface area is 154 Å². The second-order valence-electron chi connectivity index (χ2n) is 6.43. The van der Waals surface area contributed by atoms with Gasteiger partial charge in [0.1, 0.15) is 6.29 Å². The van der Waals surface area contributed by atoms with E-state index in [0.29, 0.717) is 6.29 Å². The van der Waals surface area contributed by atoms with Crippen molar-refractivity contribution in [3.05, 3.63) is 60.7 Å². The Kier molecular flexibility index (Phi) is 6.36. The van der Waals surface area contributed by atoms with E-state index in [0.717, 1.165) is 0 Å². The van der Waals surface area contributed by atoms with Crippen molar-refractivity contribution in [2.75, 3.05) is 0 Å². The van der Waals surface area contributed by atoms with E-state index in [4.69, 9.17) is 0 Å². The summed E-state index contributed by atoms with van der Waals surface area (Å²) in [5.74, 6) is -0.857. The Hall–Kier alpha value is -1.99. The fraction of sp³-hybridized carbons (Fsp3) is 0.316. The van der Waals surface area contributed by atoms with Crippen molar-refractivity contribution >= 4 is 26.0 Å². The highest BCUT2D eigenvalue weighted by molar-refractivity contribution is 8.09. The van der Waals surface area contributed by atoms with Gasteiger partial charge in [0.15, 0.2) is 24.3 Å². The summed E-state index contributed by atoms with van der Waals surface area (Å²) >= 11 is 0. The van der Waals surface area contributed by atoms with E-state index >= 15 is 0 Å². The molecule has 0 heterocycles. The number of sulfone groups is 2. The molecular formula is C19H22O5S2. The van der Waals surface area contributed by atoms with Crippen LogP contribution in [0.4, 0.5) is 0 Å². The van der Waals surface area contributed by atoms with Gasteiger partial charge in [-0.05, 0) is 36.6 Å². The maximum absolute atomic E-state index is 13.1. The molecule has 0 spiro atoms. The van der Waals surface area contributed by atoms with Crippen LogP contribution in [0.15, 0.2) is 70.5 Å². The average molecular weight is 395 g/mol. The summed E-state index contributed by atoms with van der Waals surface area (Å²) in [6, 6.07) is 14.9. The molecule has 1 unspecified atom stereocenters. The quantitative estimate of drug-likeness (QED) is 0.642. The number of aldehydes is 1. The molecule has 0 fully saturated rings. The number of rotatable bonds is 8. The van der Waals surface area contributed by atoms with Crippen molar-refractivity contribution in [1.82, 2.24) is 0 Å². The molecule has 0 saturated carbocycles. The largest absolute Gasteiger partial charge is 0.303 e. The molecule has 5 nitrogen and oxygen atoms in total. The van der Waals surface area contributed by atoms with Crippen LogP contribution in [0.2, 0.25) is 0 Å². The minimum absolute atomic E-state index is 0.0714. The van der Waals surface area contributed by atoms with Gasteiger partial charge in [-0.3, -0.25) is 0 Å². The molecular weight excluding hydrogens is 372 g/mol. The summed E-state index contributed by atoms with van der Waals surface area (Å²) in [5.41, 5.74) is 0. The summed E-state index contributed by atoms with van der Waals surface area (Å²) in [7, 11) is -8.38. The number of hydrogen-bond donors (Lipinski definition) is 0. The number of benzene rings is 2. The molecule has 0 bridgehead atoms. The van der Waals surface area contributed by atoms with Crippen molar-refractivity contribution in [1.29, 1.82) is 0 Å². The maximum Gasteiger partial charge on any atom is 0.195 e. The predicted octanol–water partition coefficient (Wildman–Crippen LogP) is 3.12. The molecule has 2 rings (SSSR count). The normalized spacial score (nSPS) is 13.7. The Morgan fingerprint density at radius 2 is 1.15 bits per heavy atom. The van der Waals surface area contributed by atoms with Crippen molar-refractivity contribution < 1.29 is 21.6 Å². The first-order valence-electron chi connectivity index (χ1n) is 8.24. The highest BCUT2D eigenvalue weighted by Crippen LogP contribution is 2.31. The van der Waals surface area contributed by atoms with Gasteiger partial charge in [-0.1, -0.05) is 50.2 Å². The van der Waals surface area contributed by atoms with Gasteiger partial charge in [-0.15, -0.1) is 0 Å². The van der Waals surface area contributed by atoms with Crippen LogP contribution in [0.25, 0.3) is 0 Å². The van der Waals surface area contributed by atoms with E-state index < -0.39 is 30.2 Å². The Morgan fingerprint density at radius 1 is 0.769 bits per heavy atom. The zero-order valence-electron chi connectivity index (χ0n) is 14.6. The van der Waals surface area contributed by atoms with E-state index in [1.54, 1.807) is 50.2 Å². The topological polar surface area (TPSA) is 85.3 Å². The van der Waals surface area contributed by atoms with Crippen LogP contribution in [0, 0.1) is 11.8 Å². The van der Waals surface area contributed by atoms with Gasteiger partial charge in [0.05, 0.1) is 9.79 Å². The molecule has 2 aromatic carbocycles. The summed E-state index contributed by atoms with van der Waals surface area (Å²) in [6.07, 6.45) is 0.355. The van der Waals surface area contributed by atoms with Crippen LogP contribution in [0.3, 0.4) is 0 Å². The van der Waals surface area contributed by atoms with Gasteiger partial charge >= 0.3 is 0 Å². The third-order valence-electron chi connectivity index (χ3n) is 4.33. The zero-order valence-corrected chi connectivity index (χ0v) is 16.3. The third kappa shape index (κ3) is 4.22. The summed E-state index contributed by atoms with van der Waals surface area (Å²) in [4.78, 5) is 11.3. The fourth-order valence-corrected chi connectivity index (χ4v) is 7.28. The Morgan fingerprint density at radius 3 is 1.46 bits per heavy atom. The molecule has 0 aliphatic rings. The number of carbonyl (C=O) groups excluding carboxylic acids is 1. The molecule has 140 valence electrons. The van der Waals surface area contributed by atoms with Crippen LogP contribution < -0.4 is 0 Å². The van der Waals surface area contributed by atoms with Crippen molar-refractivity contribution in [3.63, 3.8) is 0 Å². The smallest absolute Gasteiger partial charge is 0.195 e. The van der Waals surface area contributed by atoms with Gasteiger partial charge < -0.3 is 4.79 Å². The van der Waals surface area contributed by atoms with Gasteiger partial charge in [-0.2, -0.15) is 0 Å². The lowest BCUT2D eigenvalue weighted by molar-refractivity contribution is -0.112. The molecule has 0 N–H and O–H groups in total. The average Bonchev–Trinajstić information content (AvgIpc) is 2.63. The molecule has 0 aromatic heterocycles. The van der Waals surface area contributed by atoms with Gasteiger partial charge in [0.2, 0.25) is 0 Å². The summed E-state index contributed by atoms with van der Waals surface area (Å²) < 4.78 is 50.8. The predicted molar refractivity (Wildman–Crippen MR) is 100 cm³/mol. The lowest BCUT2D eigenvalue weighted by Gasteiger charge is -2.23. The van der Waals surface area contributed by atoms with Crippen molar-refractivity contribution in [2.24, 2.45) is 11.8 Å². The van der Waals surface area contributed by atoms with E-state index in [9.17, 15) is 21.6 Å². The van der Waals surface area contributed by atoms with E-state index in [-0.39, 0.29) is 22.1 Å². The fourth-order valence-electron chi connectivity index (χ4n) is 2.65. The molecule has 0 saturated heterocycles. The standard InChI is InChI=1S/C19H22O5S2/c1-15(2)16(14-20)13-19(25(21,22)17-9-5-3-6-10-17)26(23,24)18-11-7-4-8-12-18/h3-12,14-16,19H,13H2,1-2H3. The second kappa shape index (κ2) is 8.14. The van der Waals surface area contributed by atoms with E-state index in [1.807, 2.05) is 0 Å². The highest BCUT2D eigenvalue weighted by Gasteiger charge is 2.41. The molecule has 0 radical (unpaired) electrons. The monoisotopic (exact) mass is 394 g/mol. The summed E-state index contributed by atoms with van der Waals surface area (Å²) in [5, 5.41) is 0. The van der Waals surface area contributed by atoms with Crippen LogP contribution in [-0.2, 0) is 24.5 Å². The van der Waals surface area contributed by atoms with Crippen LogP contribution in [0.1, 0.15) is 20.3 Å². The Bertz CT molecular complexity index is 864. The van der Waals surface area contributed by atoms with Gasteiger partial charge in [-0.25, -0.2) is 16.8 Å². The highest BCUT2D eigenvalue weighted by atomic mass is 32.3.